The van der Waals surface area contributed by atoms with Gasteiger partial charge in [0.2, 0.25) is 5.91 Å². The molecule has 0 bridgehead atoms. The van der Waals surface area contributed by atoms with E-state index in [1.54, 1.807) is 0 Å². The van der Waals surface area contributed by atoms with Gasteiger partial charge in [-0.2, -0.15) is 0 Å². The van der Waals surface area contributed by atoms with Crippen molar-refractivity contribution in [1.82, 2.24) is 10.6 Å². The molecule has 0 heterocycles. The van der Waals surface area contributed by atoms with Crippen LogP contribution in [0, 0.1) is 69.0 Å². The molecule has 2 amide bonds. The van der Waals surface area contributed by atoms with Gasteiger partial charge in [0.15, 0.2) is 6.61 Å². The number of amides is 2. The molecule has 5 rings (SSSR count). The van der Waals surface area contributed by atoms with E-state index in [-0.39, 0.29) is 45.7 Å². The van der Waals surface area contributed by atoms with Gasteiger partial charge in [0.25, 0.3) is 0 Å². The fraction of sp³-hybridized carbons (Fsp3) is 0.833. The van der Waals surface area contributed by atoms with Gasteiger partial charge in [-0.25, -0.2) is 4.79 Å². The summed E-state index contributed by atoms with van der Waals surface area (Å²) in [4.78, 5) is 25.9. The summed E-state index contributed by atoms with van der Waals surface area (Å²) in [6.45, 7) is 19.7. The summed E-state index contributed by atoms with van der Waals surface area (Å²) in [5.74, 6) is 4.79. The minimum absolute atomic E-state index is 0.0463. The highest BCUT2D eigenvalue weighted by molar-refractivity contribution is 5.84. The lowest BCUT2D eigenvalue weighted by Gasteiger charge is -2.72. The van der Waals surface area contributed by atoms with Crippen LogP contribution in [0.1, 0.15) is 106 Å². The summed E-state index contributed by atoms with van der Waals surface area (Å²) >= 11 is 0. The third-order valence-corrected chi connectivity index (χ3v) is 14.5. The Labute approximate surface area is 254 Å². The minimum Gasteiger partial charge on any atom is -0.436 e. The second kappa shape index (κ2) is 10.9. The number of terminal acetylenes is 1. The summed E-state index contributed by atoms with van der Waals surface area (Å²) < 4.78 is 4.88. The highest BCUT2D eigenvalue weighted by Crippen LogP contribution is 2.77. The molecular weight excluding hydrogens is 524 g/mol. The van der Waals surface area contributed by atoms with Crippen LogP contribution in [0.15, 0.2) is 12.2 Å². The van der Waals surface area contributed by atoms with Crippen LogP contribution in [0.3, 0.4) is 0 Å². The average molecular weight is 581 g/mol. The lowest BCUT2D eigenvalue weighted by atomic mass is 9.32. The third-order valence-electron chi connectivity index (χ3n) is 14.5. The molecule has 10 atom stereocenters. The molecule has 0 aromatic rings. The summed E-state index contributed by atoms with van der Waals surface area (Å²) in [6.07, 6.45) is 15.2. The van der Waals surface area contributed by atoms with E-state index in [1.165, 1.54) is 31.3 Å². The van der Waals surface area contributed by atoms with E-state index in [9.17, 15) is 14.7 Å². The molecule has 5 aliphatic carbocycles. The van der Waals surface area contributed by atoms with E-state index in [2.05, 4.69) is 64.7 Å². The number of ether oxygens (including phenoxy) is 1. The topological polar surface area (TPSA) is 87.7 Å². The zero-order chi connectivity index (χ0) is 30.7. The summed E-state index contributed by atoms with van der Waals surface area (Å²) in [5.41, 5.74) is 1.43. The second-order valence-corrected chi connectivity index (χ2v) is 16.2. The molecule has 3 N–H and O–H groups in total. The largest absolute Gasteiger partial charge is 0.436 e. The molecule has 6 heteroatoms. The maximum atomic E-state index is 14.1. The molecule has 0 unspecified atom stereocenters. The maximum absolute atomic E-state index is 14.1. The Kier molecular flexibility index (Phi) is 8.13. The number of carbonyl (C=O) groups excluding carboxylic acids is 2. The van der Waals surface area contributed by atoms with Crippen molar-refractivity contribution in [2.45, 2.75) is 112 Å². The predicted molar refractivity (Wildman–Crippen MR) is 166 cm³/mol. The number of aliphatic hydroxyl groups excluding tert-OH is 1. The van der Waals surface area contributed by atoms with Crippen molar-refractivity contribution in [1.29, 1.82) is 0 Å². The van der Waals surface area contributed by atoms with Crippen LogP contribution in [0.2, 0.25) is 0 Å². The van der Waals surface area contributed by atoms with Crippen LogP contribution in [-0.4, -0.2) is 42.9 Å². The number of carbonyl (C=O) groups is 2. The van der Waals surface area contributed by atoms with Gasteiger partial charge in [-0.15, -0.1) is 6.42 Å². The molecular formula is C36H56N2O4. The minimum atomic E-state index is -0.556. The van der Waals surface area contributed by atoms with Gasteiger partial charge >= 0.3 is 6.09 Å². The Morgan fingerprint density at radius 3 is 2.31 bits per heavy atom. The first-order chi connectivity index (χ1) is 19.7. The molecule has 234 valence electrons. The van der Waals surface area contributed by atoms with E-state index in [0.29, 0.717) is 42.7 Å². The van der Waals surface area contributed by atoms with E-state index in [0.717, 1.165) is 38.5 Å². The number of hydrogen-bond donors (Lipinski definition) is 3. The lowest BCUT2D eigenvalue weighted by molar-refractivity contribution is -0.246. The van der Waals surface area contributed by atoms with Crippen LogP contribution in [0.25, 0.3) is 0 Å². The summed E-state index contributed by atoms with van der Waals surface area (Å²) in [5, 5.41) is 16.9. The normalized spacial score (nSPS) is 45.2. The van der Waals surface area contributed by atoms with Crippen LogP contribution in [0.4, 0.5) is 4.79 Å². The van der Waals surface area contributed by atoms with E-state index in [4.69, 9.17) is 11.2 Å². The number of alkyl carbamates (subject to hydrolysis) is 1. The molecule has 0 spiro atoms. The zero-order valence-corrected chi connectivity index (χ0v) is 27.1. The third kappa shape index (κ3) is 4.46. The van der Waals surface area contributed by atoms with Gasteiger partial charge in [-0.05, 0) is 122 Å². The highest BCUT2D eigenvalue weighted by atomic mass is 16.5. The molecule has 0 saturated heterocycles. The SMILES string of the molecule is C#CCOC(=O)NCCNC(=O)[C@]12CC[C@@H](C(=C)C)[C@@H]1[C@H]1CC[C@@H]3[C@@]4(C)CC[C@H](O)C(C)(C)[C@@H]4CC[C@@]3(C)[C@]1(C)CC2. The van der Waals surface area contributed by atoms with Crippen LogP contribution in [0.5, 0.6) is 0 Å². The molecule has 0 aromatic carbocycles. The van der Waals surface area contributed by atoms with Crippen molar-refractivity contribution in [3.8, 4) is 12.3 Å². The van der Waals surface area contributed by atoms with E-state index in [1.807, 2.05) is 0 Å². The smallest absolute Gasteiger partial charge is 0.408 e. The van der Waals surface area contributed by atoms with Crippen LogP contribution >= 0.6 is 0 Å². The Morgan fingerprint density at radius 1 is 0.905 bits per heavy atom. The second-order valence-electron chi connectivity index (χ2n) is 16.2. The fourth-order valence-electron chi connectivity index (χ4n) is 12.2. The van der Waals surface area contributed by atoms with Crippen molar-refractivity contribution in [2.24, 2.45) is 56.7 Å². The van der Waals surface area contributed by atoms with Gasteiger partial charge in [-0.3, -0.25) is 4.79 Å². The van der Waals surface area contributed by atoms with Gasteiger partial charge in [-0.1, -0.05) is 52.7 Å². The first-order valence-electron chi connectivity index (χ1n) is 16.6. The maximum Gasteiger partial charge on any atom is 0.408 e. The number of hydrogen-bond acceptors (Lipinski definition) is 4. The summed E-state index contributed by atoms with van der Waals surface area (Å²) in [7, 11) is 0. The van der Waals surface area contributed by atoms with Gasteiger partial charge in [0.1, 0.15) is 0 Å². The lowest BCUT2D eigenvalue weighted by Crippen LogP contribution is -2.67. The molecule has 5 fully saturated rings. The number of fused-ring (bicyclic) bond motifs is 7. The Hall–Kier alpha value is -2.00. The van der Waals surface area contributed by atoms with Gasteiger partial charge in [0.05, 0.1) is 11.5 Å². The Morgan fingerprint density at radius 2 is 1.62 bits per heavy atom. The Bertz CT molecular complexity index is 1140. The first-order valence-corrected chi connectivity index (χ1v) is 16.6. The molecule has 0 aliphatic heterocycles. The van der Waals surface area contributed by atoms with Crippen LogP contribution in [-0.2, 0) is 9.53 Å². The van der Waals surface area contributed by atoms with Gasteiger partial charge in [0, 0.05) is 13.1 Å². The highest BCUT2D eigenvalue weighted by Gasteiger charge is 2.71. The number of allylic oxidation sites excluding steroid dienone is 1. The van der Waals surface area contributed by atoms with Crippen molar-refractivity contribution in [2.75, 3.05) is 19.7 Å². The molecule has 5 aliphatic rings. The van der Waals surface area contributed by atoms with Crippen LogP contribution < -0.4 is 10.6 Å². The average Bonchev–Trinajstić information content (AvgIpc) is 3.34. The summed E-state index contributed by atoms with van der Waals surface area (Å²) in [6, 6.07) is 0. The van der Waals surface area contributed by atoms with Crippen molar-refractivity contribution in [3.05, 3.63) is 12.2 Å². The van der Waals surface area contributed by atoms with Crippen molar-refractivity contribution >= 4 is 12.0 Å². The number of rotatable bonds is 6. The Balaban J connectivity index is 1.39. The van der Waals surface area contributed by atoms with Crippen molar-refractivity contribution < 1.29 is 19.4 Å². The predicted octanol–water partition coefficient (Wildman–Crippen LogP) is 6.48. The monoisotopic (exact) mass is 580 g/mol. The molecule has 0 radical (unpaired) electrons. The number of aliphatic hydroxyl groups is 1. The molecule has 5 saturated carbocycles. The molecule has 42 heavy (non-hydrogen) atoms. The molecule has 0 aromatic heterocycles. The quantitative estimate of drug-likeness (QED) is 0.191. The first kappa shape index (κ1) is 31.4. The van der Waals surface area contributed by atoms with E-state index < -0.39 is 6.09 Å². The van der Waals surface area contributed by atoms with Crippen molar-refractivity contribution in [3.63, 3.8) is 0 Å². The fourth-order valence-corrected chi connectivity index (χ4v) is 12.2. The molecule has 6 nitrogen and oxygen atoms in total. The zero-order valence-electron chi connectivity index (χ0n) is 27.1. The standard InChI is InChI=1S/C36H56N2O4/c1-9-22-42-31(41)38-21-20-37-30(40)36-17-12-24(23(2)3)29(36)25-10-11-27-33(6)15-14-28(39)32(4,5)26(33)13-16-35(27,8)34(25,7)18-19-36/h1,24-29,39H,2,10-22H2,3-8H3,(H,37,40)(H,38,41)/t24-,25+,26-,27+,28-,29+,33-,34+,35+,36-/m0/s1. The number of nitrogens with one attached hydrogen (secondary N) is 2. The van der Waals surface area contributed by atoms with Gasteiger partial charge < -0.3 is 20.5 Å². The van der Waals surface area contributed by atoms with E-state index >= 15 is 0 Å².